The Bertz CT molecular complexity index is 570. The van der Waals surface area contributed by atoms with E-state index in [2.05, 4.69) is 56.9 Å². The zero-order valence-electron chi connectivity index (χ0n) is 10.4. The molecule has 0 unspecified atom stereocenters. The average Bonchev–Trinajstić information content (AvgIpc) is 2.85. The van der Waals surface area contributed by atoms with Crippen molar-refractivity contribution < 1.29 is 4.74 Å². The minimum absolute atomic E-state index is 0.738. The Hall–Kier alpha value is -1.04. The second-order valence-electron chi connectivity index (χ2n) is 4.38. The van der Waals surface area contributed by atoms with Crippen molar-refractivity contribution in [2.45, 2.75) is 13.1 Å². The van der Waals surface area contributed by atoms with E-state index >= 15 is 0 Å². The van der Waals surface area contributed by atoms with Crippen molar-refractivity contribution in [1.29, 1.82) is 0 Å². The van der Waals surface area contributed by atoms with Gasteiger partial charge in [0, 0.05) is 30.1 Å². The molecule has 3 nitrogen and oxygen atoms in total. The van der Waals surface area contributed by atoms with Crippen LogP contribution in [0.1, 0.15) is 10.4 Å². The first kappa shape index (κ1) is 13.0. The van der Waals surface area contributed by atoms with Crippen LogP contribution in [-0.2, 0) is 13.1 Å². The van der Waals surface area contributed by atoms with Crippen molar-refractivity contribution in [2.24, 2.45) is 0 Å². The number of ether oxygens (including phenoxy) is 1. The van der Waals surface area contributed by atoms with Gasteiger partial charge in [0.1, 0.15) is 12.4 Å². The molecule has 0 amide bonds. The van der Waals surface area contributed by atoms with Crippen LogP contribution in [0, 0.1) is 0 Å². The maximum atomic E-state index is 5.75. The molecule has 3 rings (SSSR count). The Labute approximate surface area is 125 Å². The summed E-state index contributed by atoms with van der Waals surface area (Å²) < 4.78 is 6.93. The Balaban J connectivity index is 1.64. The van der Waals surface area contributed by atoms with Crippen LogP contribution >= 0.6 is 27.3 Å². The van der Waals surface area contributed by atoms with E-state index in [-0.39, 0.29) is 0 Å². The molecule has 0 aliphatic carbocycles. The molecular formula is C14H15BrN2OS. The third-order valence-electron chi connectivity index (χ3n) is 3.00. The lowest BCUT2D eigenvalue weighted by Gasteiger charge is -2.21. The summed E-state index contributed by atoms with van der Waals surface area (Å²) in [6.07, 6.45) is 0. The molecule has 1 aliphatic heterocycles. The maximum absolute atomic E-state index is 5.75. The van der Waals surface area contributed by atoms with Crippen molar-refractivity contribution >= 4 is 33.0 Å². The molecule has 0 bridgehead atoms. The van der Waals surface area contributed by atoms with Gasteiger partial charge < -0.3 is 15.4 Å². The van der Waals surface area contributed by atoms with Crippen LogP contribution in [0.3, 0.4) is 0 Å². The molecule has 0 fully saturated rings. The van der Waals surface area contributed by atoms with Gasteiger partial charge >= 0.3 is 0 Å². The molecule has 5 heteroatoms. The van der Waals surface area contributed by atoms with Gasteiger partial charge in [-0.2, -0.15) is 0 Å². The SMILES string of the molecule is Brc1ccc(CNCc2cccc3c2OCCN3)s1. The van der Waals surface area contributed by atoms with Gasteiger partial charge in [0.15, 0.2) is 0 Å². The predicted molar refractivity (Wildman–Crippen MR) is 83.0 cm³/mol. The van der Waals surface area contributed by atoms with Gasteiger partial charge in [0.2, 0.25) is 0 Å². The standard InChI is InChI=1S/C14H15BrN2OS/c15-13-5-4-11(19-13)9-16-8-10-2-1-3-12-14(10)18-7-6-17-12/h1-5,16-17H,6-9H2. The van der Waals surface area contributed by atoms with Crippen LogP contribution in [0.2, 0.25) is 0 Å². The molecule has 1 aromatic heterocycles. The highest BCUT2D eigenvalue weighted by Crippen LogP contribution is 2.31. The lowest BCUT2D eigenvalue weighted by molar-refractivity contribution is 0.319. The van der Waals surface area contributed by atoms with Crippen LogP contribution in [0.25, 0.3) is 0 Å². The van der Waals surface area contributed by atoms with Gasteiger partial charge in [0.05, 0.1) is 9.47 Å². The number of benzene rings is 1. The first-order valence-corrected chi connectivity index (χ1v) is 7.87. The smallest absolute Gasteiger partial charge is 0.146 e. The zero-order chi connectivity index (χ0) is 13.1. The molecule has 19 heavy (non-hydrogen) atoms. The molecule has 100 valence electrons. The summed E-state index contributed by atoms with van der Waals surface area (Å²) in [6.45, 7) is 3.32. The largest absolute Gasteiger partial charge is 0.489 e. The number of hydrogen-bond acceptors (Lipinski definition) is 4. The summed E-state index contributed by atoms with van der Waals surface area (Å²) in [5.41, 5.74) is 2.31. The van der Waals surface area contributed by atoms with Gasteiger partial charge in [-0.25, -0.2) is 0 Å². The summed E-state index contributed by atoms with van der Waals surface area (Å²) in [4.78, 5) is 1.33. The first-order valence-electron chi connectivity index (χ1n) is 6.26. The minimum atomic E-state index is 0.738. The Morgan fingerprint density at radius 2 is 2.21 bits per heavy atom. The fourth-order valence-corrected chi connectivity index (χ4v) is 3.59. The van der Waals surface area contributed by atoms with Crippen molar-refractivity contribution in [3.63, 3.8) is 0 Å². The van der Waals surface area contributed by atoms with E-state index in [9.17, 15) is 0 Å². The monoisotopic (exact) mass is 338 g/mol. The highest BCUT2D eigenvalue weighted by atomic mass is 79.9. The second kappa shape index (κ2) is 5.94. The molecule has 1 aliphatic rings. The molecule has 1 aromatic carbocycles. The van der Waals surface area contributed by atoms with Crippen LogP contribution < -0.4 is 15.4 Å². The molecule has 0 radical (unpaired) electrons. The predicted octanol–water partition coefficient (Wildman–Crippen LogP) is 3.60. The van der Waals surface area contributed by atoms with Crippen molar-refractivity contribution in [3.05, 3.63) is 44.6 Å². The van der Waals surface area contributed by atoms with Crippen LogP contribution in [0.15, 0.2) is 34.1 Å². The zero-order valence-corrected chi connectivity index (χ0v) is 12.8. The Morgan fingerprint density at radius 3 is 3.05 bits per heavy atom. The summed E-state index contributed by atoms with van der Waals surface area (Å²) in [5.74, 6) is 0.994. The number of fused-ring (bicyclic) bond motifs is 1. The van der Waals surface area contributed by atoms with Gasteiger partial charge in [-0.3, -0.25) is 0 Å². The van der Waals surface area contributed by atoms with Gasteiger partial charge in [0.25, 0.3) is 0 Å². The number of nitrogens with one attached hydrogen (secondary N) is 2. The summed E-state index contributed by atoms with van der Waals surface area (Å²) in [5, 5.41) is 6.82. The normalized spacial score (nSPS) is 13.5. The van der Waals surface area contributed by atoms with Gasteiger partial charge in [-0.15, -0.1) is 11.3 Å². The van der Waals surface area contributed by atoms with E-state index in [0.29, 0.717) is 0 Å². The van der Waals surface area contributed by atoms with Crippen LogP contribution in [0.5, 0.6) is 5.75 Å². The summed E-state index contributed by atoms with van der Waals surface area (Å²) >= 11 is 5.24. The van der Waals surface area contributed by atoms with E-state index in [0.717, 1.165) is 37.7 Å². The lowest BCUT2D eigenvalue weighted by atomic mass is 10.1. The molecule has 0 spiro atoms. The van der Waals surface area contributed by atoms with Gasteiger partial charge in [-0.05, 0) is 34.1 Å². The quantitative estimate of drug-likeness (QED) is 0.893. The van der Waals surface area contributed by atoms with E-state index in [1.807, 2.05) is 0 Å². The highest BCUT2D eigenvalue weighted by molar-refractivity contribution is 9.11. The highest BCUT2D eigenvalue weighted by Gasteiger charge is 2.13. The molecule has 0 saturated heterocycles. The average molecular weight is 339 g/mol. The van der Waals surface area contributed by atoms with Crippen LogP contribution in [-0.4, -0.2) is 13.2 Å². The fraction of sp³-hybridized carbons (Fsp3) is 0.286. The third-order valence-corrected chi connectivity index (χ3v) is 4.63. The molecule has 2 heterocycles. The van der Waals surface area contributed by atoms with Crippen molar-refractivity contribution in [3.8, 4) is 5.75 Å². The summed E-state index contributed by atoms with van der Waals surface area (Å²) in [6, 6.07) is 10.5. The number of anilines is 1. The Morgan fingerprint density at radius 1 is 1.26 bits per heavy atom. The van der Waals surface area contributed by atoms with E-state index in [1.165, 1.54) is 14.2 Å². The molecule has 2 aromatic rings. The molecule has 2 N–H and O–H groups in total. The molecular weight excluding hydrogens is 324 g/mol. The number of thiophene rings is 1. The van der Waals surface area contributed by atoms with E-state index in [1.54, 1.807) is 11.3 Å². The van der Waals surface area contributed by atoms with Crippen LogP contribution in [0.4, 0.5) is 5.69 Å². The van der Waals surface area contributed by atoms with Gasteiger partial charge in [-0.1, -0.05) is 12.1 Å². The second-order valence-corrected chi connectivity index (χ2v) is 6.93. The minimum Gasteiger partial charge on any atom is -0.489 e. The molecule has 0 saturated carbocycles. The first-order chi connectivity index (χ1) is 9.33. The number of hydrogen-bond donors (Lipinski definition) is 2. The lowest BCUT2D eigenvalue weighted by Crippen LogP contribution is -2.20. The Kier molecular flexibility index (Phi) is 4.06. The third kappa shape index (κ3) is 3.11. The topological polar surface area (TPSA) is 33.3 Å². The van der Waals surface area contributed by atoms with Crippen molar-refractivity contribution in [2.75, 3.05) is 18.5 Å². The maximum Gasteiger partial charge on any atom is 0.146 e. The van der Waals surface area contributed by atoms with E-state index < -0.39 is 0 Å². The number of rotatable bonds is 4. The number of halogens is 1. The van der Waals surface area contributed by atoms with E-state index in [4.69, 9.17) is 4.74 Å². The van der Waals surface area contributed by atoms with Crippen molar-refractivity contribution in [1.82, 2.24) is 5.32 Å². The summed E-state index contributed by atoms with van der Waals surface area (Å²) in [7, 11) is 0. The fourth-order valence-electron chi connectivity index (χ4n) is 2.14. The molecule has 0 atom stereocenters. The number of para-hydroxylation sites is 1.